The highest BCUT2D eigenvalue weighted by molar-refractivity contribution is 7.18. The van der Waals surface area contributed by atoms with E-state index in [4.69, 9.17) is 4.74 Å². The first kappa shape index (κ1) is 23.2. The van der Waals surface area contributed by atoms with Gasteiger partial charge in [0.05, 0.1) is 31.9 Å². The van der Waals surface area contributed by atoms with Gasteiger partial charge >= 0.3 is 12.1 Å². The quantitative estimate of drug-likeness (QED) is 0.351. The molecule has 1 aliphatic rings. The lowest BCUT2D eigenvalue weighted by Crippen LogP contribution is -2.41. The van der Waals surface area contributed by atoms with Gasteiger partial charge < -0.3 is 9.64 Å². The Morgan fingerprint density at radius 3 is 2.60 bits per heavy atom. The van der Waals surface area contributed by atoms with Crippen LogP contribution in [0.15, 0.2) is 54.7 Å². The van der Waals surface area contributed by atoms with Crippen LogP contribution in [0.2, 0.25) is 0 Å². The molecule has 1 saturated heterocycles. The molecule has 0 radical (unpaired) electrons. The first-order valence-corrected chi connectivity index (χ1v) is 11.9. The molecule has 3 heterocycles. The predicted molar refractivity (Wildman–Crippen MR) is 125 cm³/mol. The number of benzene rings is 2. The van der Waals surface area contributed by atoms with Crippen LogP contribution in [0.1, 0.15) is 39.7 Å². The monoisotopic (exact) mass is 499 g/mol. The van der Waals surface area contributed by atoms with Crippen LogP contribution in [0.5, 0.6) is 0 Å². The van der Waals surface area contributed by atoms with E-state index in [9.17, 15) is 22.8 Å². The van der Waals surface area contributed by atoms with Crippen molar-refractivity contribution in [1.29, 1.82) is 0 Å². The summed E-state index contributed by atoms with van der Waals surface area (Å²) < 4.78 is 47.5. The van der Waals surface area contributed by atoms with E-state index in [1.54, 1.807) is 22.3 Å². The Labute approximate surface area is 202 Å². The molecular weight excluding hydrogens is 479 g/mol. The number of alkyl halides is 3. The summed E-state index contributed by atoms with van der Waals surface area (Å²) in [5.41, 5.74) is -0.805. The van der Waals surface area contributed by atoms with Crippen molar-refractivity contribution in [1.82, 2.24) is 14.9 Å². The molecule has 1 aliphatic heterocycles. The number of hydrogen-bond acceptors (Lipinski definition) is 6. The van der Waals surface area contributed by atoms with Gasteiger partial charge in [-0.15, -0.1) is 11.3 Å². The van der Waals surface area contributed by atoms with Crippen molar-refractivity contribution in [2.45, 2.75) is 24.9 Å². The number of nitrogens with zero attached hydrogens (tertiary/aromatic N) is 3. The molecule has 35 heavy (non-hydrogen) atoms. The minimum absolute atomic E-state index is 0.0577. The van der Waals surface area contributed by atoms with Crippen molar-refractivity contribution in [3.05, 3.63) is 70.9 Å². The van der Waals surface area contributed by atoms with Gasteiger partial charge in [0.1, 0.15) is 0 Å². The Morgan fingerprint density at radius 1 is 1.09 bits per heavy atom. The van der Waals surface area contributed by atoms with Crippen molar-refractivity contribution in [3.63, 3.8) is 0 Å². The summed E-state index contributed by atoms with van der Waals surface area (Å²) in [7, 11) is 0. The highest BCUT2D eigenvalue weighted by atomic mass is 32.1. The van der Waals surface area contributed by atoms with E-state index in [0.29, 0.717) is 13.1 Å². The summed E-state index contributed by atoms with van der Waals surface area (Å²) in [6.07, 6.45) is -2.31. The van der Waals surface area contributed by atoms with Crippen molar-refractivity contribution >= 4 is 44.3 Å². The number of likely N-dealkylation sites (tertiary alicyclic amines) is 1. The topological polar surface area (TPSA) is 72.4 Å². The number of halogens is 3. The van der Waals surface area contributed by atoms with E-state index < -0.39 is 35.8 Å². The molecule has 6 nitrogen and oxygen atoms in total. The van der Waals surface area contributed by atoms with E-state index in [0.717, 1.165) is 34.3 Å². The first-order chi connectivity index (χ1) is 16.8. The first-order valence-electron chi connectivity index (χ1n) is 11.1. The van der Waals surface area contributed by atoms with Crippen LogP contribution in [0.3, 0.4) is 0 Å². The molecule has 0 unspecified atom stereocenters. The SMILES string of the molecule is O=C(OCC(=O)N1CCC[C@H](c2nc3ccccc3s2)C1)c1cnc2ccccc2c1C(F)(F)F. The van der Waals surface area contributed by atoms with Crippen LogP contribution >= 0.6 is 11.3 Å². The number of aromatic nitrogens is 2. The van der Waals surface area contributed by atoms with Gasteiger partial charge in [-0.1, -0.05) is 30.3 Å². The fraction of sp³-hybridized carbons (Fsp3) is 0.280. The average Bonchev–Trinajstić information content (AvgIpc) is 3.30. The number of amides is 1. The van der Waals surface area contributed by atoms with Crippen LogP contribution in [0.4, 0.5) is 13.2 Å². The summed E-state index contributed by atoms with van der Waals surface area (Å²) >= 11 is 1.59. The largest absolute Gasteiger partial charge is 0.452 e. The lowest BCUT2D eigenvalue weighted by Gasteiger charge is -2.31. The van der Waals surface area contributed by atoms with E-state index in [2.05, 4.69) is 9.97 Å². The van der Waals surface area contributed by atoms with Crippen LogP contribution in [-0.4, -0.2) is 46.4 Å². The third kappa shape index (κ3) is 4.70. The maximum atomic E-state index is 13.8. The fourth-order valence-electron chi connectivity index (χ4n) is 4.37. The Kier molecular flexibility index (Phi) is 6.14. The number of pyridine rings is 1. The van der Waals surface area contributed by atoms with Crippen molar-refractivity contribution in [2.75, 3.05) is 19.7 Å². The van der Waals surface area contributed by atoms with Crippen molar-refractivity contribution in [2.24, 2.45) is 0 Å². The fourth-order valence-corrected chi connectivity index (χ4v) is 5.46. The van der Waals surface area contributed by atoms with Crippen molar-refractivity contribution < 1.29 is 27.5 Å². The molecule has 10 heteroatoms. The number of esters is 1. The van der Waals surface area contributed by atoms with Crippen molar-refractivity contribution in [3.8, 4) is 0 Å². The summed E-state index contributed by atoms with van der Waals surface area (Å²) in [6, 6.07) is 13.5. The molecule has 0 bridgehead atoms. The summed E-state index contributed by atoms with van der Waals surface area (Å²) in [5, 5.41) is 0.744. The number of thiazole rings is 1. The number of carbonyl (C=O) groups excluding carboxylic acids is 2. The predicted octanol–water partition coefficient (Wildman–Crippen LogP) is 5.43. The summed E-state index contributed by atoms with van der Waals surface area (Å²) in [6.45, 7) is 0.264. The highest BCUT2D eigenvalue weighted by Crippen LogP contribution is 2.37. The number of fused-ring (bicyclic) bond motifs is 2. The van der Waals surface area contributed by atoms with Gasteiger partial charge in [0, 0.05) is 30.6 Å². The molecule has 0 aliphatic carbocycles. The maximum Gasteiger partial charge on any atom is 0.417 e. The second kappa shape index (κ2) is 9.26. The molecule has 2 aromatic carbocycles. The normalized spacial score (nSPS) is 16.5. The third-order valence-corrected chi connectivity index (χ3v) is 7.24. The lowest BCUT2D eigenvalue weighted by atomic mass is 9.99. The number of carbonyl (C=O) groups is 2. The van der Waals surface area contributed by atoms with Crippen LogP contribution < -0.4 is 0 Å². The molecule has 0 spiro atoms. The summed E-state index contributed by atoms with van der Waals surface area (Å²) in [4.78, 5) is 35.6. The standard InChI is InChI=1S/C25H20F3N3O3S/c26-25(27,28)22-16-7-1-2-8-18(16)29-12-17(22)24(33)34-14-21(32)31-11-5-6-15(13-31)23-30-19-9-3-4-10-20(19)35-23/h1-4,7-10,12,15H,5-6,11,13-14H2/t15-/m0/s1. The van der Waals surface area contributed by atoms with Gasteiger partial charge in [0.25, 0.3) is 5.91 Å². The number of rotatable bonds is 4. The smallest absolute Gasteiger partial charge is 0.417 e. The Hall–Kier alpha value is -3.53. The van der Waals surface area contributed by atoms with E-state index in [1.165, 1.54) is 18.2 Å². The van der Waals surface area contributed by atoms with Gasteiger partial charge in [-0.2, -0.15) is 13.2 Å². The van der Waals surface area contributed by atoms with Crippen LogP contribution in [-0.2, 0) is 15.7 Å². The highest BCUT2D eigenvalue weighted by Gasteiger charge is 2.38. The van der Waals surface area contributed by atoms with E-state index in [1.807, 2.05) is 24.3 Å². The molecule has 180 valence electrons. The molecule has 1 fully saturated rings. The van der Waals surface area contributed by atoms with E-state index in [-0.39, 0.29) is 16.8 Å². The lowest BCUT2D eigenvalue weighted by molar-refractivity contribution is -0.137. The number of piperidine rings is 1. The number of hydrogen-bond donors (Lipinski definition) is 0. The molecule has 1 amide bonds. The molecule has 4 aromatic rings. The Balaban J connectivity index is 1.29. The van der Waals surface area contributed by atoms with Gasteiger partial charge in [-0.25, -0.2) is 9.78 Å². The zero-order valence-corrected chi connectivity index (χ0v) is 19.2. The minimum Gasteiger partial charge on any atom is -0.452 e. The van der Waals surface area contributed by atoms with Gasteiger partial charge in [0.2, 0.25) is 0 Å². The van der Waals surface area contributed by atoms with Crippen LogP contribution in [0, 0.1) is 0 Å². The Morgan fingerprint density at radius 2 is 1.83 bits per heavy atom. The third-order valence-electron chi connectivity index (χ3n) is 6.04. The van der Waals surface area contributed by atoms with Crippen LogP contribution in [0.25, 0.3) is 21.1 Å². The molecule has 0 saturated carbocycles. The van der Waals surface area contributed by atoms with Gasteiger partial charge in [0.15, 0.2) is 6.61 Å². The average molecular weight is 500 g/mol. The number of ether oxygens (including phenoxy) is 1. The second-order valence-electron chi connectivity index (χ2n) is 8.34. The molecular formula is C25H20F3N3O3S. The molecule has 0 N–H and O–H groups in total. The molecule has 2 aromatic heterocycles. The second-order valence-corrected chi connectivity index (χ2v) is 9.40. The van der Waals surface area contributed by atoms with E-state index >= 15 is 0 Å². The Bertz CT molecular complexity index is 1390. The van der Waals surface area contributed by atoms with Gasteiger partial charge in [-0.05, 0) is 31.0 Å². The zero-order chi connectivity index (χ0) is 24.6. The van der Waals surface area contributed by atoms with Gasteiger partial charge in [-0.3, -0.25) is 9.78 Å². The minimum atomic E-state index is -4.79. The zero-order valence-electron chi connectivity index (χ0n) is 18.4. The molecule has 1 atom stereocenters. The molecule has 5 rings (SSSR count). The summed E-state index contributed by atoms with van der Waals surface area (Å²) in [5.74, 6) is -1.63. The maximum absolute atomic E-state index is 13.8. The number of para-hydroxylation sites is 2.